The standard InChI is InChI=1S/C15H13ClN4O/c1-9-5-6-20-13(7-9)18-10(2)14(20)15(21)19-12-4-3-11(16)8-17-12/h3-8H,1-2H3,(H,17,19,21). The van der Waals surface area contributed by atoms with E-state index in [4.69, 9.17) is 11.6 Å². The van der Waals surface area contributed by atoms with Gasteiger partial charge in [0.2, 0.25) is 0 Å². The molecule has 6 heteroatoms. The van der Waals surface area contributed by atoms with E-state index in [9.17, 15) is 4.79 Å². The van der Waals surface area contributed by atoms with E-state index in [1.165, 1.54) is 6.20 Å². The van der Waals surface area contributed by atoms with E-state index in [-0.39, 0.29) is 5.91 Å². The lowest BCUT2D eigenvalue weighted by molar-refractivity contribution is 0.102. The number of nitrogens with zero attached hydrogens (tertiary/aromatic N) is 3. The molecule has 106 valence electrons. The lowest BCUT2D eigenvalue weighted by Gasteiger charge is -2.05. The number of hydrogen-bond acceptors (Lipinski definition) is 3. The van der Waals surface area contributed by atoms with E-state index < -0.39 is 0 Å². The van der Waals surface area contributed by atoms with Crippen LogP contribution in [-0.2, 0) is 0 Å². The first-order valence-electron chi connectivity index (χ1n) is 6.43. The molecule has 1 amide bonds. The van der Waals surface area contributed by atoms with E-state index in [1.54, 1.807) is 16.5 Å². The largest absolute Gasteiger partial charge is 0.305 e. The summed E-state index contributed by atoms with van der Waals surface area (Å²) < 4.78 is 1.77. The number of hydrogen-bond donors (Lipinski definition) is 1. The van der Waals surface area contributed by atoms with Crippen LogP contribution in [0.5, 0.6) is 0 Å². The highest BCUT2D eigenvalue weighted by molar-refractivity contribution is 6.30. The second kappa shape index (κ2) is 5.18. The Morgan fingerprint density at radius 1 is 1.29 bits per heavy atom. The number of amides is 1. The first-order chi connectivity index (χ1) is 10.0. The van der Waals surface area contributed by atoms with E-state index in [0.29, 0.717) is 22.2 Å². The SMILES string of the molecule is Cc1ccn2c(C(=O)Nc3ccc(Cl)cn3)c(C)nc2c1. The highest BCUT2D eigenvalue weighted by Crippen LogP contribution is 2.16. The summed E-state index contributed by atoms with van der Waals surface area (Å²) in [6.07, 6.45) is 3.33. The topological polar surface area (TPSA) is 59.3 Å². The molecule has 0 saturated carbocycles. The van der Waals surface area contributed by atoms with Gasteiger partial charge < -0.3 is 5.32 Å². The number of fused-ring (bicyclic) bond motifs is 1. The summed E-state index contributed by atoms with van der Waals surface area (Å²) in [7, 11) is 0. The van der Waals surface area contributed by atoms with Crippen LogP contribution < -0.4 is 5.32 Å². The minimum atomic E-state index is -0.251. The van der Waals surface area contributed by atoms with Crippen molar-refractivity contribution in [3.63, 3.8) is 0 Å². The Hall–Kier alpha value is -2.40. The third-order valence-electron chi connectivity index (χ3n) is 3.14. The van der Waals surface area contributed by atoms with Gasteiger partial charge in [0.1, 0.15) is 17.2 Å². The monoisotopic (exact) mass is 300 g/mol. The number of anilines is 1. The van der Waals surface area contributed by atoms with Crippen molar-refractivity contribution in [3.8, 4) is 0 Å². The number of rotatable bonds is 2. The summed E-state index contributed by atoms with van der Waals surface area (Å²) in [5, 5.41) is 3.27. The first kappa shape index (κ1) is 13.6. The van der Waals surface area contributed by atoms with Gasteiger partial charge in [-0.1, -0.05) is 11.6 Å². The molecule has 0 aliphatic carbocycles. The molecule has 0 aromatic carbocycles. The normalized spacial score (nSPS) is 10.8. The average Bonchev–Trinajstić information content (AvgIpc) is 2.76. The van der Waals surface area contributed by atoms with Crippen molar-refractivity contribution in [2.24, 2.45) is 0 Å². The molecule has 0 aliphatic heterocycles. The Morgan fingerprint density at radius 3 is 2.81 bits per heavy atom. The van der Waals surface area contributed by atoms with Gasteiger partial charge in [0.05, 0.1) is 10.7 Å². The van der Waals surface area contributed by atoms with Crippen LogP contribution >= 0.6 is 11.6 Å². The molecule has 0 spiro atoms. The molecule has 0 bridgehead atoms. The fraction of sp³-hybridized carbons (Fsp3) is 0.133. The van der Waals surface area contributed by atoms with Crippen molar-refractivity contribution < 1.29 is 4.79 Å². The third-order valence-corrected chi connectivity index (χ3v) is 3.36. The summed E-state index contributed by atoms with van der Waals surface area (Å²) in [6, 6.07) is 7.20. The van der Waals surface area contributed by atoms with Crippen LogP contribution in [0.2, 0.25) is 5.02 Å². The van der Waals surface area contributed by atoms with Crippen LogP contribution in [0, 0.1) is 13.8 Å². The molecule has 3 heterocycles. The second-order valence-electron chi connectivity index (χ2n) is 4.79. The summed E-state index contributed by atoms with van der Waals surface area (Å²) in [5.41, 5.74) is 3.02. The van der Waals surface area contributed by atoms with E-state index in [2.05, 4.69) is 15.3 Å². The molecule has 21 heavy (non-hydrogen) atoms. The van der Waals surface area contributed by atoms with Crippen molar-refractivity contribution in [2.75, 3.05) is 5.32 Å². The number of pyridine rings is 2. The van der Waals surface area contributed by atoms with Crippen molar-refractivity contribution in [3.05, 3.63) is 58.6 Å². The zero-order chi connectivity index (χ0) is 15.0. The molecule has 0 unspecified atom stereocenters. The maximum absolute atomic E-state index is 12.4. The highest BCUT2D eigenvalue weighted by Gasteiger charge is 2.17. The van der Waals surface area contributed by atoms with Crippen LogP contribution in [0.4, 0.5) is 5.82 Å². The Bertz CT molecular complexity index is 824. The zero-order valence-electron chi connectivity index (χ0n) is 11.6. The molecule has 3 rings (SSSR count). The van der Waals surface area contributed by atoms with E-state index in [0.717, 1.165) is 11.2 Å². The van der Waals surface area contributed by atoms with Gasteiger partial charge in [-0.2, -0.15) is 0 Å². The van der Waals surface area contributed by atoms with Gasteiger partial charge in [-0.3, -0.25) is 9.20 Å². The fourth-order valence-electron chi connectivity index (χ4n) is 2.16. The summed E-state index contributed by atoms with van der Waals surface area (Å²) in [4.78, 5) is 20.9. The van der Waals surface area contributed by atoms with Crippen LogP contribution in [0.25, 0.3) is 5.65 Å². The minimum absolute atomic E-state index is 0.251. The van der Waals surface area contributed by atoms with Gasteiger partial charge in [-0.05, 0) is 43.7 Å². The number of aromatic nitrogens is 3. The fourth-order valence-corrected chi connectivity index (χ4v) is 2.27. The zero-order valence-corrected chi connectivity index (χ0v) is 12.3. The first-order valence-corrected chi connectivity index (χ1v) is 6.80. The van der Waals surface area contributed by atoms with Gasteiger partial charge in [0.15, 0.2) is 0 Å². The number of aryl methyl sites for hydroxylation is 2. The Kier molecular flexibility index (Phi) is 3.35. The van der Waals surface area contributed by atoms with Gasteiger partial charge in [0.25, 0.3) is 5.91 Å². The molecule has 5 nitrogen and oxygen atoms in total. The van der Waals surface area contributed by atoms with Crippen molar-refractivity contribution in [2.45, 2.75) is 13.8 Å². The lowest BCUT2D eigenvalue weighted by atomic mass is 10.3. The summed E-state index contributed by atoms with van der Waals surface area (Å²) in [6.45, 7) is 3.80. The number of carbonyl (C=O) groups is 1. The molecule has 0 radical (unpaired) electrons. The van der Waals surface area contributed by atoms with E-state index >= 15 is 0 Å². The predicted octanol–water partition coefficient (Wildman–Crippen LogP) is 3.25. The molecule has 3 aromatic heterocycles. The summed E-state index contributed by atoms with van der Waals surface area (Å²) >= 11 is 5.78. The molecular formula is C15H13ClN4O. The van der Waals surface area contributed by atoms with Crippen molar-refractivity contribution in [1.29, 1.82) is 0 Å². The Labute approximate surface area is 126 Å². The Balaban J connectivity index is 1.97. The molecular weight excluding hydrogens is 288 g/mol. The van der Waals surface area contributed by atoms with Gasteiger partial charge in [-0.15, -0.1) is 0 Å². The lowest BCUT2D eigenvalue weighted by Crippen LogP contribution is -2.16. The average molecular weight is 301 g/mol. The van der Waals surface area contributed by atoms with Gasteiger partial charge >= 0.3 is 0 Å². The molecule has 0 saturated heterocycles. The predicted molar refractivity (Wildman–Crippen MR) is 81.9 cm³/mol. The number of halogens is 1. The number of imidazole rings is 1. The maximum atomic E-state index is 12.4. The number of carbonyl (C=O) groups excluding carboxylic acids is 1. The van der Waals surface area contributed by atoms with Gasteiger partial charge in [0, 0.05) is 12.4 Å². The maximum Gasteiger partial charge on any atom is 0.275 e. The van der Waals surface area contributed by atoms with Crippen molar-refractivity contribution >= 4 is 29.0 Å². The number of nitrogens with one attached hydrogen (secondary N) is 1. The highest BCUT2D eigenvalue weighted by atomic mass is 35.5. The van der Waals surface area contributed by atoms with Crippen LogP contribution in [0.15, 0.2) is 36.7 Å². The van der Waals surface area contributed by atoms with Crippen LogP contribution in [-0.4, -0.2) is 20.3 Å². The van der Waals surface area contributed by atoms with Crippen molar-refractivity contribution in [1.82, 2.24) is 14.4 Å². The third kappa shape index (κ3) is 2.60. The van der Waals surface area contributed by atoms with Gasteiger partial charge in [-0.25, -0.2) is 9.97 Å². The van der Waals surface area contributed by atoms with E-state index in [1.807, 2.05) is 32.2 Å². The quantitative estimate of drug-likeness (QED) is 0.790. The minimum Gasteiger partial charge on any atom is -0.305 e. The summed E-state index contributed by atoms with van der Waals surface area (Å²) in [5.74, 6) is 0.199. The van der Waals surface area contributed by atoms with Crippen LogP contribution in [0.1, 0.15) is 21.7 Å². The van der Waals surface area contributed by atoms with Crippen LogP contribution in [0.3, 0.4) is 0 Å². The molecule has 0 fully saturated rings. The molecule has 3 aromatic rings. The smallest absolute Gasteiger partial charge is 0.275 e. The molecule has 0 atom stereocenters. The molecule has 1 N–H and O–H groups in total. The second-order valence-corrected chi connectivity index (χ2v) is 5.23. The Morgan fingerprint density at radius 2 is 2.10 bits per heavy atom. The molecule has 0 aliphatic rings.